The molecule has 312 valence electrons. The summed E-state index contributed by atoms with van der Waals surface area (Å²) in [7, 11) is 0. The molecular weight excluding hydrogens is 829 g/mol. The predicted octanol–water partition coefficient (Wildman–Crippen LogP) is 18.0. The van der Waals surface area contributed by atoms with Crippen LogP contribution in [0.1, 0.15) is 17.5 Å². The number of aromatic nitrogens is 2. The third-order valence-electron chi connectivity index (χ3n) is 14.7. The molecule has 0 saturated carbocycles. The van der Waals surface area contributed by atoms with Crippen LogP contribution in [0.4, 0.5) is 0 Å². The maximum Gasteiger partial charge on any atom is 0.0619 e. The highest BCUT2D eigenvalue weighted by molar-refractivity contribution is 7.26. The second-order valence-electron chi connectivity index (χ2n) is 18.1. The lowest BCUT2D eigenvalue weighted by Gasteiger charge is -2.25. The smallest absolute Gasteiger partial charge is 0.0619 e. The molecule has 14 aromatic rings. The van der Waals surface area contributed by atoms with E-state index in [-0.39, 0.29) is 0 Å². The standard InChI is InChI=1S/C64H40N2S/c1-5-26-48-44(22-1)60(45-23-2-6-27-49(45)63(48)65-54-31-13-9-18-40(54)41-19-10-14-32-55(41)65)39-36-37-58-53(38-39)62-52(30-17-35-59(62)67-58)61-46-24-3-7-28-50(46)64(51-29-8-4-25-47(51)61)66-56-33-15-11-20-42(56)43-21-12-16-34-57(43)66/h1-3,5-24,26-38H,4,25H2. The Morgan fingerprint density at radius 1 is 0.358 bits per heavy atom. The van der Waals surface area contributed by atoms with Gasteiger partial charge >= 0.3 is 0 Å². The van der Waals surface area contributed by atoms with Crippen molar-refractivity contribution in [1.82, 2.24) is 9.13 Å². The molecule has 1 aliphatic carbocycles. The lowest BCUT2D eigenvalue weighted by Crippen LogP contribution is -2.07. The average Bonchev–Trinajstić information content (AvgIpc) is 4.05. The van der Waals surface area contributed by atoms with Gasteiger partial charge in [-0.05, 0) is 99.3 Å². The summed E-state index contributed by atoms with van der Waals surface area (Å²) in [5.74, 6) is 0. The number of hydrogen-bond acceptors (Lipinski definition) is 1. The van der Waals surface area contributed by atoms with Crippen molar-refractivity contribution in [3.63, 3.8) is 0 Å². The first-order valence-corrected chi connectivity index (χ1v) is 24.2. The third-order valence-corrected chi connectivity index (χ3v) is 15.9. The Labute approximate surface area is 390 Å². The lowest BCUT2D eigenvalue weighted by molar-refractivity contribution is 0.984. The molecule has 0 unspecified atom stereocenters. The first-order chi connectivity index (χ1) is 33.3. The van der Waals surface area contributed by atoms with Gasteiger partial charge in [-0.25, -0.2) is 0 Å². The van der Waals surface area contributed by atoms with Crippen LogP contribution in [0.25, 0.3) is 136 Å². The second-order valence-corrected chi connectivity index (χ2v) is 19.2. The van der Waals surface area contributed by atoms with Gasteiger partial charge in [-0.15, -0.1) is 11.3 Å². The summed E-state index contributed by atoms with van der Waals surface area (Å²) in [6, 6.07) is 77.1. The van der Waals surface area contributed by atoms with Crippen molar-refractivity contribution in [2.45, 2.75) is 12.8 Å². The Kier molecular flexibility index (Phi) is 7.81. The molecule has 0 saturated heterocycles. The molecule has 0 bridgehead atoms. The van der Waals surface area contributed by atoms with Gasteiger partial charge < -0.3 is 9.13 Å². The van der Waals surface area contributed by atoms with Gasteiger partial charge in [0.2, 0.25) is 0 Å². The fourth-order valence-electron chi connectivity index (χ4n) is 12.1. The van der Waals surface area contributed by atoms with E-state index in [1.807, 2.05) is 11.3 Å². The van der Waals surface area contributed by atoms with Crippen LogP contribution >= 0.6 is 11.3 Å². The molecule has 11 aromatic carbocycles. The van der Waals surface area contributed by atoms with E-state index < -0.39 is 0 Å². The number of rotatable bonds is 4. The van der Waals surface area contributed by atoms with Gasteiger partial charge in [-0.2, -0.15) is 0 Å². The van der Waals surface area contributed by atoms with Crippen molar-refractivity contribution in [2.75, 3.05) is 0 Å². The van der Waals surface area contributed by atoms with Crippen LogP contribution in [0, 0.1) is 0 Å². The molecule has 3 heteroatoms. The van der Waals surface area contributed by atoms with Crippen molar-refractivity contribution in [1.29, 1.82) is 0 Å². The third kappa shape index (κ3) is 5.15. The van der Waals surface area contributed by atoms with E-state index >= 15 is 0 Å². The normalized spacial score (nSPS) is 12.9. The van der Waals surface area contributed by atoms with Gasteiger partial charge in [-0.1, -0.05) is 176 Å². The van der Waals surface area contributed by atoms with Crippen LogP contribution < -0.4 is 0 Å². The maximum atomic E-state index is 2.54. The van der Waals surface area contributed by atoms with Crippen LogP contribution in [0.15, 0.2) is 212 Å². The Balaban J connectivity index is 1.01. The molecular formula is C64H40N2S. The number of hydrogen-bond donors (Lipinski definition) is 0. The highest BCUT2D eigenvalue weighted by Gasteiger charge is 2.26. The SMILES string of the molecule is C1=Cc2c(c(-c3cccc4sc5ccc(-c6c7ccccc7c(-n7c8ccccc8c8ccccc87)c7ccccc67)cc5c34)c3ccccc3c2-n2c3ccccc3c3ccccc32)CC1. The summed E-state index contributed by atoms with van der Waals surface area (Å²) in [5, 5.41) is 15.3. The van der Waals surface area contributed by atoms with E-state index in [0.717, 1.165) is 12.8 Å². The average molecular weight is 869 g/mol. The Bertz CT molecular complexity index is 4290. The van der Waals surface area contributed by atoms with Crippen molar-refractivity contribution >= 4 is 114 Å². The fraction of sp³-hybridized carbons (Fsp3) is 0.0312. The van der Waals surface area contributed by atoms with Crippen LogP contribution in [0.3, 0.4) is 0 Å². The molecule has 0 N–H and O–H groups in total. The Morgan fingerprint density at radius 2 is 0.821 bits per heavy atom. The summed E-state index contributed by atoms with van der Waals surface area (Å²) in [4.78, 5) is 0. The summed E-state index contributed by atoms with van der Waals surface area (Å²) in [6.07, 6.45) is 6.79. The molecule has 0 radical (unpaired) electrons. The molecule has 3 heterocycles. The predicted molar refractivity (Wildman–Crippen MR) is 289 cm³/mol. The molecule has 0 amide bonds. The fourth-order valence-corrected chi connectivity index (χ4v) is 13.2. The summed E-state index contributed by atoms with van der Waals surface area (Å²) in [6.45, 7) is 0. The first-order valence-electron chi connectivity index (χ1n) is 23.4. The zero-order chi connectivity index (χ0) is 43.7. The summed E-state index contributed by atoms with van der Waals surface area (Å²) >= 11 is 1.91. The molecule has 1 aliphatic rings. The summed E-state index contributed by atoms with van der Waals surface area (Å²) < 4.78 is 7.67. The zero-order valence-corrected chi connectivity index (χ0v) is 37.3. The van der Waals surface area contributed by atoms with Gasteiger partial charge in [-0.3, -0.25) is 0 Å². The minimum Gasteiger partial charge on any atom is -0.308 e. The molecule has 0 fully saturated rings. The number of allylic oxidation sites excluding steroid dienone is 1. The van der Waals surface area contributed by atoms with Gasteiger partial charge in [0, 0.05) is 63.4 Å². The van der Waals surface area contributed by atoms with Gasteiger partial charge in [0.1, 0.15) is 0 Å². The molecule has 3 aromatic heterocycles. The van der Waals surface area contributed by atoms with Crippen LogP contribution in [-0.4, -0.2) is 9.13 Å². The quantitative estimate of drug-likeness (QED) is 0.156. The largest absolute Gasteiger partial charge is 0.308 e. The van der Waals surface area contributed by atoms with Crippen LogP contribution in [-0.2, 0) is 6.42 Å². The van der Waals surface area contributed by atoms with Crippen molar-refractivity contribution in [2.24, 2.45) is 0 Å². The molecule has 67 heavy (non-hydrogen) atoms. The van der Waals surface area contributed by atoms with E-state index in [0.29, 0.717) is 0 Å². The number of benzene rings is 11. The maximum absolute atomic E-state index is 2.54. The summed E-state index contributed by atoms with van der Waals surface area (Å²) in [5.41, 5.74) is 15.4. The van der Waals surface area contributed by atoms with Gasteiger partial charge in [0.25, 0.3) is 0 Å². The number of nitrogens with zero attached hydrogens (tertiary/aromatic N) is 2. The number of thiophene rings is 1. The topological polar surface area (TPSA) is 9.86 Å². The van der Waals surface area contributed by atoms with Gasteiger partial charge in [0.15, 0.2) is 0 Å². The number of fused-ring (bicyclic) bond motifs is 13. The first kappa shape index (κ1) is 37.0. The van der Waals surface area contributed by atoms with Crippen molar-refractivity contribution in [3.8, 4) is 33.6 Å². The molecule has 0 aliphatic heterocycles. The number of para-hydroxylation sites is 4. The van der Waals surface area contributed by atoms with E-state index in [1.54, 1.807) is 0 Å². The van der Waals surface area contributed by atoms with Crippen molar-refractivity contribution < 1.29 is 0 Å². The van der Waals surface area contributed by atoms with Crippen LogP contribution in [0.5, 0.6) is 0 Å². The molecule has 0 atom stereocenters. The zero-order valence-electron chi connectivity index (χ0n) is 36.5. The van der Waals surface area contributed by atoms with E-state index in [2.05, 4.69) is 228 Å². The van der Waals surface area contributed by atoms with Gasteiger partial charge in [0.05, 0.1) is 33.4 Å². The minimum atomic E-state index is 0.982. The molecule has 15 rings (SSSR count). The minimum absolute atomic E-state index is 0.982. The Morgan fingerprint density at radius 3 is 1.37 bits per heavy atom. The van der Waals surface area contributed by atoms with E-state index in [4.69, 9.17) is 0 Å². The van der Waals surface area contributed by atoms with E-state index in [1.165, 1.54) is 141 Å². The monoisotopic (exact) mass is 868 g/mol. The Hall–Kier alpha value is -8.24. The lowest BCUT2D eigenvalue weighted by atomic mass is 9.82. The highest BCUT2D eigenvalue weighted by Crippen LogP contribution is 2.50. The highest BCUT2D eigenvalue weighted by atomic mass is 32.1. The van der Waals surface area contributed by atoms with Crippen molar-refractivity contribution in [3.05, 3.63) is 223 Å². The second kappa shape index (κ2) is 14.1. The van der Waals surface area contributed by atoms with E-state index in [9.17, 15) is 0 Å². The van der Waals surface area contributed by atoms with Crippen LogP contribution in [0.2, 0.25) is 0 Å². The molecule has 0 spiro atoms. The molecule has 2 nitrogen and oxygen atoms in total.